The van der Waals surface area contributed by atoms with Gasteiger partial charge in [-0.2, -0.15) is 18.2 Å². The van der Waals surface area contributed by atoms with Crippen LogP contribution in [-0.2, 0) is 17.4 Å². The van der Waals surface area contributed by atoms with E-state index in [4.69, 9.17) is 4.52 Å². The summed E-state index contributed by atoms with van der Waals surface area (Å²) in [6.45, 7) is 6.27. The van der Waals surface area contributed by atoms with Crippen LogP contribution in [0.3, 0.4) is 0 Å². The SMILES string of the molecule is CC(C)(C)CC(=O)NCCc1nc(-c2ccc(C(F)(F)F)cc2)no1. The minimum atomic E-state index is -4.38. The molecule has 0 spiro atoms. The molecular weight excluding hydrogens is 335 g/mol. The molecule has 25 heavy (non-hydrogen) atoms. The maximum atomic E-state index is 12.5. The van der Waals surface area contributed by atoms with Crippen LogP contribution in [0, 0.1) is 5.41 Å². The summed E-state index contributed by atoms with van der Waals surface area (Å²) >= 11 is 0. The Labute approximate surface area is 143 Å². The van der Waals surface area contributed by atoms with Crippen molar-refractivity contribution in [2.45, 2.75) is 39.8 Å². The average molecular weight is 355 g/mol. The number of hydrogen-bond donors (Lipinski definition) is 1. The number of rotatable bonds is 5. The summed E-state index contributed by atoms with van der Waals surface area (Å²) in [5, 5.41) is 6.52. The number of amides is 1. The van der Waals surface area contributed by atoms with Gasteiger partial charge in [0.25, 0.3) is 0 Å². The maximum absolute atomic E-state index is 12.5. The monoisotopic (exact) mass is 355 g/mol. The molecule has 0 bridgehead atoms. The third kappa shape index (κ3) is 5.88. The molecule has 0 saturated heterocycles. The maximum Gasteiger partial charge on any atom is 0.416 e. The lowest BCUT2D eigenvalue weighted by Crippen LogP contribution is -2.29. The number of carbonyl (C=O) groups excluding carboxylic acids is 1. The smallest absolute Gasteiger partial charge is 0.356 e. The van der Waals surface area contributed by atoms with Crippen LogP contribution in [-0.4, -0.2) is 22.6 Å². The molecule has 8 heteroatoms. The number of benzene rings is 1. The highest BCUT2D eigenvalue weighted by molar-refractivity contribution is 5.76. The summed E-state index contributed by atoms with van der Waals surface area (Å²) in [5.74, 6) is 0.464. The summed E-state index contributed by atoms with van der Waals surface area (Å²) in [6.07, 6.45) is -3.62. The molecule has 0 atom stereocenters. The minimum Gasteiger partial charge on any atom is -0.356 e. The number of carbonyl (C=O) groups is 1. The van der Waals surface area contributed by atoms with Crippen LogP contribution in [0.2, 0.25) is 0 Å². The Bertz CT molecular complexity index is 716. The molecule has 1 amide bonds. The second-order valence-electron chi connectivity index (χ2n) is 6.92. The van der Waals surface area contributed by atoms with Crippen molar-refractivity contribution in [2.75, 3.05) is 6.54 Å². The molecule has 2 rings (SSSR count). The van der Waals surface area contributed by atoms with Gasteiger partial charge in [-0.3, -0.25) is 4.79 Å². The van der Waals surface area contributed by atoms with Crippen molar-refractivity contribution >= 4 is 5.91 Å². The standard InChI is InChI=1S/C17H20F3N3O2/c1-16(2,3)10-13(24)21-9-8-14-22-15(23-25-14)11-4-6-12(7-5-11)17(18,19)20/h4-7H,8-10H2,1-3H3,(H,21,24). The molecule has 0 unspecified atom stereocenters. The predicted molar refractivity (Wildman–Crippen MR) is 85.5 cm³/mol. The van der Waals surface area contributed by atoms with Gasteiger partial charge < -0.3 is 9.84 Å². The molecule has 1 aromatic carbocycles. The van der Waals surface area contributed by atoms with E-state index in [0.29, 0.717) is 30.8 Å². The van der Waals surface area contributed by atoms with Gasteiger partial charge in [-0.25, -0.2) is 0 Å². The lowest BCUT2D eigenvalue weighted by Gasteiger charge is -2.16. The molecule has 0 aliphatic carbocycles. The molecule has 0 fully saturated rings. The van der Waals surface area contributed by atoms with Crippen LogP contribution in [0.25, 0.3) is 11.4 Å². The van der Waals surface area contributed by atoms with E-state index < -0.39 is 11.7 Å². The normalized spacial score (nSPS) is 12.2. The van der Waals surface area contributed by atoms with Crippen molar-refractivity contribution in [3.63, 3.8) is 0 Å². The summed E-state index contributed by atoms with van der Waals surface area (Å²) in [5.41, 5.74) is -0.397. The number of alkyl halides is 3. The Morgan fingerprint density at radius 1 is 1.16 bits per heavy atom. The quantitative estimate of drug-likeness (QED) is 0.885. The number of halogens is 3. The Hall–Kier alpha value is -2.38. The van der Waals surface area contributed by atoms with Gasteiger partial charge in [-0.15, -0.1) is 0 Å². The molecule has 0 radical (unpaired) electrons. The van der Waals surface area contributed by atoms with Crippen LogP contribution < -0.4 is 5.32 Å². The summed E-state index contributed by atoms with van der Waals surface area (Å²) < 4.78 is 42.7. The first-order valence-electron chi connectivity index (χ1n) is 7.81. The van der Waals surface area contributed by atoms with Gasteiger partial charge in [0.15, 0.2) is 0 Å². The van der Waals surface area contributed by atoms with Crippen molar-refractivity contribution in [1.29, 1.82) is 0 Å². The van der Waals surface area contributed by atoms with E-state index in [-0.39, 0.29) is 17.1 Å². The molecule has 136 valence electrons. The number of hydrogen-bond acceptors (Lipinski definition) is 4. The van der Waals surface area contributed by atoms with Crippen LogP contribution in [0.5, 0.6) is 0 Å². The number of aromatic nitrogens is 2. The van der Waals surface area contributed by atoms with E-state index in [1.165, 1.54) is 12.1 Å². The molecule has 1 heterocycles. The van der Waals surface area contributed by atoms with E-state index >= 15 is 0 Å². The van der Waals surface area contributed by atoms with Gasteiger partial charge in [0, 0.05) is 24.9 Å². The Morgan fingerprint density at radius 3 is 2.36 bits per heavy atom. The second kappa shape index (κ2) is 7.25. The molecule has 1 N–H and O–H groups in total. The van der Waals surface area contributed by atoms with Crippen LogP contribution >= 0.6 is 0 Å². The number of nitrogens with one attached hydrogen (secondary N) is 1. The first kappa shape index (κ1) is 19.0. The van der Waals surface area contributed by atoms with Gasteiger partial charge in [-0.1, -0.05) is 38.1 Å². The van der Waals surface area contributed by atoms with E-state index in [1.54, 1.807) is 0 Å². The number of nitrogens with zero attached hydrogens (tertiary/aromatic N) is 2. The summed E-state index contributed by atoms with van der Waals surface area (Å²) in [7, 11) is 0. The van der Waals surface area contributed by atoms with E-state index in [9.17, 15) is 18.0 Å². The third-order valence-corrected chi connectivity index (χ3v) is 3.29. The second-order valence-corrected chi connectivity index (χ2v) is 6.92. The Kier molecular flexibility index (Phi) is 5.49. The van der Waals surface area contributed by atoms with Crippen molar-refractivity contribution in [3.05, 3.63) is 35.7 Å². The fourth-order valence-corrected chi connectivity index (χ4v) is 2.13. The average Bonchev–Trinajstić information content (AvgIpc) is 2.93. The van der Waals surface area contributed by atoms with E-state index in [1.807, 2.05) is 20.8 Å². The highest BCUT2D eigenvalue weighted by Gasteiger charge is 2.30. The molecule has 5 nitrogen and oxygen atoms in total. The lowest BCUT2D eigenvalue weighted by molar-refractivity contribution is -0.137. The van der Waals surface area contributed by atoms with Gasteiger partial charge in [0.1, 0.15) is 0 Å². The lowest BCUT2D eigenvalue weighted by atomic mass is 9.92. The van der Waals surface area contributed by atoms with Gasteiger partial charge in [0.2, 0.25) is 17.6 Å². The zero-order chi connectivity index (χ0) is 18.7. The van der Waals surface area contributed by atoms with E-state index in [0.717, 1.165) is 12.1 Å². The highest BCUT2D eigenvalue weighted by atomic mass is 19.4. The zero-order valence-electron chi connectivity index (χ0n) is 14.3. The van der Waals surface area contributed by atoms with Gasteiger partial charge in [0.05, 0.1) is 5.56 Å². The molecule has 0 aliphatic heterocycles. The molecule has 1 aromatic heterocycles. The van der Waals surface area contributed by atoms with E-state index in [2.05, 4.69) is 15.5 Å². The molecule has 0 saturated carbocycles. The van der Waals surface area contributed by atoms with Gasteiger partial charge >= 0.3 is 6.18 Å². The first-order chi connectivity index (χ1) is 11.5. The largest absolute Gasteiger partial charge is 0.416 e. The topological polar surface area (TPSA) is 68.0 Å². The van der Waals surface area contributed by atoms with Crippen LogP contribution in [0.15, 0.2) is 28.8 Å². The van der Waals surface area contributed by atoms with Crippen molar-refractivity contribution in [3.8, 4) is 11.4 Å². The first-order valence-corrected chi connectivity index (χ1v) is 7.81. The molecular formula is C17H20F3N3O2. The van der Waals surface area contributed by atoms with Crippen molar-refractivity contribution < 1.29 is 22.5 Å². The fourth-order valence-electron chi connectivity index (χ4n) is 2.13. The summed E-state index contributed by atoms with van der Waals surface area (Å²) in [4.78, 5) is 15.9. The van der Waals surface area contributed by atoms with Crippen molar-refractivity contribution in [1.82, 2.24) is 15.5 Å². The fraction of sp³-hybridized carbons (Fsp3) is 0.471. The molecule has 2 aromatic rings. The van der Waals surface area contributed by atoms with Gasteiger partial charge in [-0.05, 0) is 17.5 Å². The Balaban J connectivity index is 1.91. The summed E-state index contributed by atoms with van der Waals surface area (Å²) in [6, 6.07) is 4.53. The van der Waals surface area contributed by atoms with Crippen molar-refractivity contribution in [2.24, 2.45) is 5.41 Å². The highest BCUT2D eigenvalue weighted by Crippen LogP contribution is 2.30. The predicted octanol–water partition coefficient (Wildman–Crippen LogP) is 3.85. The third-order valence-electron chi connectivity index (χ3n) is 3.29. The molecule has 0 aliphatic rings. The Morgan fingerprint density at radius 2 is 1.80 bits per heavy atom. The van der Waals surface area contributed by atoms with Crippen LogP contribution in [0.1, 0.15) is 38.6 Å². The van der Waals surface area contributed by atoms with Crippen LogP contribution in [0.4, 0.5) is 13.2 Å². The minimum absolute atomic E-state index is 0.0602. The zero-order valence-corrected chi connectivity index (χ0v) is 14.3.